The maximum absolute atomic E-state index is 11.9. The molecule has 0 aliphatic rings. The predicted molar refractivity (Wildman–Crippen MR) is 82.7 cm³/mol. The number of benzene rings is 2. The van der Waals surface area contributed by atoms with Crippen LogP contribution in [0.4, 0.5) is 5.69 Å². The molecule has 0 radical (unpaired) electrons. The van der Waals surface area contributed by atoms with Gasteiger partial charge in [0, 0.05) is 12.7 Å². The molecule has 3 aromatic rings. The average Bonchev–Trinajstić information content (AvgIpc) is 2.53. The van der Waals surface area contributed by atoms with Crippen LogP contribution in [0, 0.1) is 0 Å². The summed E-state index contributed by atoms with van der Waals surface area (Å²) >= 11 is 0. The van der Waals surface area contributed by atoms with E-state index in [1.165, 1.54) is 0 Å². The van der Waals surface area contributed by atoms with E-state index in [-0.39, 0.29) is 12.2 Å². The number of anilines is 1. The highest BCUT2D eigenvalue weighted by Crippen LogP contribution is 2.16. The molecule has 0 amide bonds. The monoisotopic (exact) mass is 281 g/mol. The van der Waals surface area contributed by atoms with Gasteiger partial charge in [-0.1, -0.05) is 12.1 Å². The van der Waals surface area contributed by atoms with Crippen molar-refractivity contribution in [2.24, 2.45) is 0 Å². The van der Waals surface area contributed by atoms with Crippen molar-refractivity contribution in [2.45, 2.75) is 6.61 Å². The Morgan fingerprint density at radius 3 is 2.67 bits per heavy atom. The summed E-state index contributed by atoms with van der Waals surface area (Å²) in [7, 11) is 1.86. The molecule has 0 aliphatic carbocycles. The van der Waals surface area contributed by atoms with Crippen molar-refractivity contribution in [1.82, 2.24) is 9.97 Å². The molecule has 1 heterocycles. The third-order valence-electron chi connectivity index (χ3n) is 3.18. The van der Waals surface area contributed by atoms with Gasteiger partial charge in [-0.15, -0.1) is 0 Å². The number of nitrogens with one attached hydrogen (secondary N) is 2. The highest BCUT2D eigenvalue weighted by molar-refractivity contribution is 5.77. The minimum atomic E-state index is -0.148. The Labute approximate surface area is 121 Å². The summed E-state index contributed by atoms with van der Waals surface area (Å²) in [5, 5.41) is 3.62. The fraction of sp³-hybridized carbons (Fsp3) is 0.125. The Morgan fingerprint density at radius 2 is 1.90 bits per heavy atom. The molecule has 5 nitrogen and oxygen atoms in total. The number of nitrogens with zero attached hydrogens (tertiary/aromatic N) is 1. The first kappa shape index (κ1) is 13.2. The highest BCUT2D eigenvalue weighted by atomic mass is 16.5. The summed E-state index contributed by atoms with van der Waals surface area (Å²) in [6, 6.07) is 14.8. The van der Waals surface area contributed by atoms with Crippen LogP contribution < -0.4 is 15.6 Å². The Hall–Kier alpha value is -2.82. The number of aromatic nitrogens is 2. The summed E-state index contributed by atoms with van der Waals surface area (Å²) in [5.41, 5.74) is 1.54. The van der Waals surface area contributed by atoms with E-state index < -0.39 is 0 Å². The van der Waals surface area contributed by atoms with Gasteiger partial charge in [0.2, 0.25) is 0 Å². The number of fused-ring (bicyclic) bond motifs is 1. The van der Waals surface area contributed by atoms with Gasteiger partial charge in [0.05, 0.1) is 10.9 Å². The number of ether oxygens (including phenoxy) is 1. The molecule has 3 rings (SSSR count). The number of H-pyrrole nitrogens is 1. The summed E-state index contributed by atoms with van der Waals surface area (Å²) in [4.78, 5) is 19.1. The molecule has 0 aliphatic heterocycles. The van der Waals surface area contributed by atoms with Gasteiger partial charge in [-0.05, 0) is 36.4 Å². The third kappa shape index (κ3) is 2.86. The van der Waals surface area contributed by atoms with Crippen LogP contribution in [-0.2, 0) is 6.61 Å². The number of rotatable bonds is 4. The second-order valence-corrected chi connectivity index (χ2v) is 4.59. The van der Waals surface area contributed by atoms with E-state index in [0.717, 1.165) is 11.4 Å². The number of hydrogen-bond donors (Lipinski definition) is 2. The molecule has 0 saturated carbocycles. The quantitative estimate of drug-likeness (QED) is 0.771. The molecule has 0 atom stereocenters. The van der Waals surface area contributed by atoms with E-state index in [1.807, 2.05) is 49.5 Å². The second-order valence-electron chi connectivity index (χ2n) is 4.59. The highest BCUT2D eigenvalue weighted by Gasteiger charge is 2.04. The van der Waals surface area contributed by atoms with E-state index in [4.69, 9.17) is 4.74 Å². The Kier molecular flexibility index (Phi) is 3.55. The van der Waals surface area contributed by atoms with Gasteiger partial charge < -0.3 is 15.0 Å². The Morgan fingerprint density at radius 1 is 1.14 bits per heavy atom. The van der Waals surface area contributed by atoms with Crippen LogP contribution in [0.3, 0.4) is 0 Å². The maximum Gasteiger partial charge on any atom is 0.258 e. The van der Waals surface area contributed by atoms with Gasteiger partial charge in [0.15, 0.2) is 0 Å². The molecule has 0 bridgehead atoms. The zero-order chi connectivity index (χ0) is 14.7. The SMILES string of the molecule is CNc1ccc(OCc2nc3ccccc3c(=O)[nH]2)cc1. The predicted octanol–water partition coefficient (Wildman–Crippen LogP) is 2.54. The Balaban J connectivity index is 1.80. The molecule has 106 valence electrons. The molecular formula is C16H15N3O2. The van der Waals surface area contributed by atoms with Gasteiger partial charge in [0.25, 0.3) is 5.56 Å². The van der Waals surface area contributed by atoms with E-state index in [1.54, 1.807) is 6.07 Å². The Bertz CT molecular complexity index is 810. The zero-order valence-corrected chi connectivity index (χ0v) is 11.6. The lowest BCUT2D eigenvalue weighted by molar-refractivity contribution is 0.296. The van der Waals surface area contributed by atoms with Gasteiger partial charge in [-0.25, -0.2) is 4.98 Å². The fourth-order valence-corrected chi connectivity index (χ4v) is 2.07. The molecule has 21 heavy (non-hydrogen) atoms. The van der Waals surface area contributed by atoms with E-state index >= 15 is 0 Å². The first-order chi connectivity index (χ1) is 10.3. The minimum absolute atomic E-state index is 0.148. The van der Waals surface area contributed by atoms with Crippen molar-refractivity contribution in [3.05, 3.63) is 64.7 Å². The molecule has 0 saturated heterocycles. The van der Waals surface area contributed by atoms with E-state index in [0.29, 0.717) is 16.7 Å². The van der Waals surface area contributed by atoms with Crippen molar-refractivity contribution >= 4 is 16.6 Å². The second kappa shape index (κ2) is 5.66. The summed E-state index contributed by atoms with van der Waals surface area (Å²) in [6.45, 7) is 0.221. The van der Waals surface area contributed by atoms with Crippen molar-refractivity contribution < 1.29 is 4.74 Å². The van der Waals surface area contributed by atoms with Crippen LogP contribution in [0.2, 0.25) is 0 Å². The van der Waals surface area contributed by atoms with Crippen LogP contribution in [0.15, 0.2) is 53.3 Å². The van der Waals surface area contributed by atoms with Crippen LogP contribution in [0.25, 0.3) is 10.9 Å². The van der Waals surface area contributed by atoms with Gasteiger partial charge in [0.1, 0.15) is 18.2 Å². The molecular weight excluding hydrogens is 266 g/mol. The normalized spacial score (nSPS) is 10.5. The lowest BCUT2D eigenvalue weighted by Gasteiger charge is -2.07. The van der Waals surface area contributed by atoms with E-state index in [9.17, 15) is 4.79 Å². The third-order valence-corrected chi connectivity index (χ3v) is 3.18. The summed E-state index contributed by atoms with van der Waals surface area (Å²) < 4.78 is 5.64. The van der Waals surface area contributed by atoms with Crippen LogP contribution in [0.1, 0.15) is 5.82 Å². The fourth-order valence-electron chi connectivity index (χ4n) is 2.07. The minimum Gasteiger partial charge on any atom is -0.486 e. The van der Waals surface area contributed by atoms with Gasteiger partial charge in [-0.2, -0.15) is 0 Å². The number of aromatic amines is 1. The lowest BCUT2D eigenvalue weighted by atomic mass is 10.2. The van der Waals surface area contributed by atoms with Crippen molar-refractivity contribution in [3.8, 4) is 5.75 Å². The molecule has 2 N–H and O–H groups in total. The lowest BCUT2D eigenvalue weighted by Crippen LogP contribution is -2.13. The van der Waals surface area contributed by atoms with Crippen molar-refractivity contribution in [3.63, 3.8) is 0 Å². The van der Waals surface area contributed by atoms with Crippen molar-refractivity contribution in [2.75, 3.05) is 12.4 Å². The molecule has 2 aromatic carbocycles. The molecule has 0 unspecified atom stereocenters. The first-order valence-electron chi connectivity index (χ1n) is 6.65. The van der Waals surface area contributed by atoms with Gasteiger partial charge in [-0.3, -0.25) is 4.79 Å². The molecule has 1 aromatic heterocycles. The molecule has 5 heteroatoms. The number of para-hydroxylation sites is 1. The number of hydrogen-bond acceptors (Lipinski definition) is 4. The zero-order valence-electron chi connectivity index (χ0n) is 11.6. The maximum atomic E-state index is 11.9. The largest absolute Gasteiger partial charge is 0.486 e. The molecule has 0 spiro atoms. The topological polar surface area (TPSA) is 67.0 Å². The summed E-state index contributed by atoms with van der Waals surface area (Å²) in [6.07, 6.45) is 0. The first-order valence-corrected chi connectivity index (χ1v) is 6.65. The standard InChI is InChI=1S/C16H15N3O2/c1-17-11-6-8-12(9-7-11)21-10-15-18-14-5-3-2-4-13(14)16(20)19-15/h2-9,17H,10H2,1H3,(H,18,19,20). The van der Waals surface area contributed by atoms with Gasteiger partial charge >= 0.3 is 0 Å². The van der Waals surface area contributed by atoms with Crippen LogP contribution >= 0.6 is 0 Å². The van der Waals surface area contributed by atoms with E-state index in [2.05, 4.69) is 15.3 Å². The average molecular weight is 281 g/mol. The smallest absolute Gasteiger partial charge is 0.258 e. The van der Waals surface area contributed by atoms with Crippen molar-refractivity contribution in [1.29, 1.82) is 0 Å². The molecule has 0 fully saturated rings. The summed E-state index contributed by atoms with van der Waals surface area (Å²) in [5.74, 6) is 1.24. The van der Waals surface area contributed by atoms with Crippen LogP contribution in [-0.4, -0.2) is 17.0 Å². The van der Waals surface area contributed by atoms with Crippen LogP contribution in [0.5, 0.6) is 5.75 Å².